The first kappa shape index (κ1) is 25.6. The molecule has 1 saturated heterocycles. The molecule has 0 saturated carbocycles. The molecule has 0 spiro atoms. The Hall–Kier alpha value is -4.44. The Morgan fingerprint density at radius 3 is 2.08 bits per heavy atom. The molecule has 9 nitrogen and oxygen atoms in total. The Labute approximate surface area is 212 Å². The van der Waals surface area contributed by atoms with Crippen LogP contribution in [0.25, 0.3) is 0 Å². The molecule has 5 N–H and O–H groups in total. The van der Waals surface area contributed by atoms with Crippen molar-refractivity contribution in [1.29, 1.82) is 0 Å². The van der Waals surface area contributed by atoms with E-state index in [2.05, 4.69) is 16.0 Å². The van der Waals surface area contributed by atoms with Crippen molar-refractivity contribution in [2.45, 2.75) is 26.1 Å². The maximum absolute atomic E-state index is 14.5. The first-order valence-electron chi connectivity index (χ1n) is 11.5. The van der Waals surface area contributed by atoms with E-state index >= 15 is 0 Å². The lowest BCUT2D eigenvalue weighted by Crippen LogP contribution is -2.71. The number of carbonyl (C=O) groups excluding carboxylic acids is 3. The van der Waals surface area contributed by atoms with E-state index in [4.69, 9.17) is 4.74 Å². The zero-order valence-electron chi connectivity index (χ0n) is 20.4. The smallest absolute Gasteiger partial charge is 0.252 e. The number of rotatable bonds is 7. The van der Waals surface area contributed by atoms with Gasteiger partial charge < -0.3 is 25.6 Å². The molecule has 10 heteroatoms. The summed E-state index contributed by atoms with van der Waals surface area (Å²) in [4.78, 5) is 38.2. The maximum Gasteiger partial charge on any atom is 0.252 e. The Kier molecular flexibility index (Phi) is 7.12. The largest absolute Gasteiger partial charge is 0.507 e. The van der Waals surface area contributed by atoms with E-state index in [1.807, 2.05) is 0 Å². The number of phenols is 2. The molecule has 0 aromatic heterocycles. The molecule has 0 unspecified atom stereocenters. The van der Waals surface area contributed by atoms with Crippen molar-refractivity contribution >= 4 is 17.6 Å². The number of ketones is 1. The van der Waals surface area contributed by atoms with Crippen LogP contribution in [0.4, 0.5) is 4.39 Å². The average Bonchev–Trinajstić information content (AvgIpc) is 2.87. The van der Waals surface area contributed by atoms with E-state index in [-0.39, 0.29) is 34.6 Å². The third kappa shape index (κ3) is 5.10. The summed E-state index contributed by atoms with van der Waals surface area (Å²) in [7, 11) is 1.25. The summed E-state index contributed by atoms with van der Waals surface area (Å²) in [5, 5.41) is 28.6. The van der Waals surface area contributed by atoms with Crippen LogP contribution in [0, 0.1) is 19.7 Å². The number of ether oxygens (including phenoxy) is 1. The van der Waals surface area contributed by atoms with E-state index in [0.29, 0.717) is 23.2 Å². The van der Waals surface area contributed by atoms with Crippen molar-refractivity contribution in [3.8, 4) is 17.2 Å². The van der Waals surface area contributed by atoms with Crippen molar-refractivity contribution in [2.24, 2.45) is 0 Å². The van der Waals surface area contributed by atoms with Gasteiger partial charge in [0.05, 0.1) is 13.2 Å². The molecule has 37 heavy (non-hydrogen) atoms. The molecule has 1 heterocycles. The summed E-state index contributed by atoms with van der Waals surface area (Å²) < 4.78 is 19.4. The second kappa shape index (κ2) is 10.3. The standard InChI is InChI=1S/C27H26FN3O6/c1-13-10-17(11-14(2)23(13)33)27(36)30-18-12-29-25(18)31-26(35)16-6-4-15(5-7-16)24(34)21-19(32)8-9-20(37-3)22(21)28/h4-11,18,25,29,32-33H,12H2,1-3H3,(H,30,36)(H,31,35)/t18-,25-/m1/s1. The highest BCUT2D eigenvalue weighted by Gasteiger charge is 2.33. The third-order valence-electron chi connectivity index (χ3n) is 6.26. The summed E-state index contributed by atoms with van der Waals surface area (Å²) in [5.74, 6) is -3.06. The molecule has 3 aromatic carbocycles. The van der Waals surface area contributed by atoms with E-state index in [1.165, 1.54) is 43.5 Å². The van der Waals surface area contributed by atoms with Crippen molar-refractivity contribution in [3.63, 3.8) is 0 Å². The molecule has 2 amide bonds. The van der Waals surface area contributed by atoms with E-state index in [0.717, 1.165) is 0 Å². The van der Waals surface area contributed by atoms with Gasteiger partial charge in [0.15, 0.2) is 17.3 Å². The van der Waals surface area contributed by atoms with Crippen LogP contribution in [0.3, 0.4) is 0 Å². The molecule has 3 aromatic rings. The molecule has 1 aliphatic rings. The SMILES string of the molecule is COc1ccc(O)c(C(=O)c2ccc(C(=O)N[C@H]3NC[C@H]3NC(=O)c3cc(C)c(O)c(C)c3)cc2)c1F. The fraction of sp³-hybridized carbons (Fsp3) is 0.222. The number of halogens is 1. The molecule has 4 rings (SSSR count). The highest BCUT2D eigenvalue weighted by atomic mass is 19.1. The number of methoxy groups -OCH3 is 1. The van der Waals surface area contributed by atoms with Gasteiger partial charge in [0, 0.05) is 23.2 Å². The summed E-state index contributed by atoms with van der Waals surface area (Å²) in [6, 6.07) is 10.8. The number of nitrogens with one attached hydrogen (secondary N) is 3. The van der Waals surface area contributed by atoms with Gasteiger partial charge in [0.25, 0.3) is 11.8 Å². The van der Waals surface area contributed by atoms with Crippen LogP contribution in [-0.2, 0) is 0 Å². The summed E-state index contributed by atoms with van der Waals surface area (Å²) >= 11 is 0. The van der Waals surface area contributed by atoms with Crippen LogP contribution in [0.15, 0.2) is 48.5 Å². The minimum absolute atomic E-state index is 0.0744. The predicted octanol–water partition coefficient (Wildman–Crippen LogP) is 2.55. The number of aryl methyl sites for hydroxylation is 2. The Morgan fingerprint density at radius 1 is 0.919 bits per heavy atom. The van der Waals surface area contributed by atoms with Gasteiger partial charge in [-0.25, -0.2) is 4.39 Å². The van der Waals surface area contributed by atoms with Gasteiger partial charge in [0.1, 0.15) is 23.2 Å². The van der Waals surface area contributed by atoms with Crippen LogP contribution in [0.2, 0.25) is 0 Å². The zero-order valence-corrected chi connectivity index (χ0v) is 20.4. The summed E-state index contributed by atoms with van der Waals surface area (Å²) in [6.07, 6.45) is -0.514. The Balaban J connectivity index is 1.40. The fourth-order valence-corrected chi connectivity index (χ4v) is 4.04. The molecule has 0 bridgehead atoms. The Morgan fingerprint density at radius 2 is 1.51 bits per heavy atom. The minimum Gasteiger partial charge on any atom is -0.507 e. The summed E-state index contributed by atoms with van der Waals surface area (Å²) in [6.45, 7) is 3.87. The molecular formula is C27H26FN3O6. The van der Waals surface area contributed by atoms with Crippen LogP contribution in [0.5, 0.6) is 17.2 Å². The van der Waals surface area contributed by atoms with Gasteiger partial charge in [-0.15, -0.1) is 0 Å². The number of carbonyl (C=O) groups is 3. The van der Waals surface area contributed by atoms with Gasteiger partial charge >= 0.3 is 0 Å². The summed E-state index contributed by atoms with van der Waals surface area (Å²) in [5.41, 5.74) is 1.39. The van der Waals surface area contributed by atoms with Gasteiger partial charge in [0.2, 0.25) is 0 Å². The lowest BCUT2D eigenvalue weighted by molar-refractivity contribution is 0.0816. The average molecular weight is 508 g/mol. The van der Waals surface area contributed by atoms with Crippen LogP contribution >= 0.6 is 0 Å². The molecule has 0 aliphatic carbocycles. The van der Waals surface area contributed by atoms with E-state index < -0.39 is 35.0 Å². The molecular weight excluding hydrogens is 481 g/mol. The lowest BCUT2D eigenvalue weighted by atomic mass is 10.00. The fourth-order valence-electron chi connectivity index (χ4n) is 4.04. The molecule has 0 radical (unpaired) electrons. The molecule has 192 valence electrons. The van der Waals surface area contributed by atoms with Crippen molar-refractivity contribution in [2.75, 3.05) is 13.7 Å². The molecule has 2 atom stereocenters. The minimum atomic E-state index is -0.976. The first-order valence-corrected chi connectivity index (χ1v) is 11.5. The monoisotopic (exact) mass is 507 g/mol. The number of hydrogen-bond acceptors (Lipinski definition) is 7. The second-order valence-electron chi connectivity index (χ2n) is 8.78. The number of benzene rings is 3. The van der Waals surface area contributed by atoms with Crippen molar-refractivity contribution < 1.29 is 33.7 Å². The van der Waals surface area contributed by atoms with Gasteiger partial charge in [-0.3, -0.25) is 19.7 Å². The predicted molar refractivity (Wildman–Crippen MR) is 133 cm³/mol. The van der Waals surface area contributed by atoms with Crippen molar-refractivity contribution in [1.82, 2.24) is 16.0 Å². The molecule has 1 aliphatic heterocycles. The van der Waals surface area contributed by atoms with Crippen molar-refractivity contribution in [3.05, 3.63) is 87.7 Å². The van der Waals surface area contributed by atoms with Gasteiger partial charge in [-0.05, 0) is 61.4 Å². The third-order valence-corrected chi connectivity index (χ3v) is 6.26. The van der Waals surface area contributed by atoms with E-state index in [1.54, 1.807) is 26.0 Å². The second-order valence-corrected chi connectivity index (χ2v) is 8.78. The van der Waals surface area contributed by atoms with Crippen LogP contribution in [0.1, 0.15) is 47.8 Å². The van der Waals surface area contributed by atoms with Crippen LogP contribution in [-0.4, -0.2) is 53.7 Å². The zero-order chi connectivity index (χ0) is 26.9. The van der Waals surface area contributed by atoms with E-state index in [9.17, 15) is 29.0 Å². The normalized spacial score (nSPS) is 16.4. The van der Waals surface area contributed by atoms with Crippen LogP contribution < -0.4 is 20.7 Å². The van der Waals surface area contributed by atoms with Gasteiger partial charge in [-0.2, -0.15) is 0 Å². The maximum atomic E-state index is 14.5. The number of aromatic hydroxyl groups is 2. The Bertz CT molecular complexity index is 1370. The lowest BCUT2D eigenvalue weighted by Gasteiger charge is -2.38. The number of amides is 2. The molecule has 1 fully saturated rings. The first-order chi connectivity index (χ1) is 17.6. The quantitative estimate of drug-likeness (QED) is 0.310. The number of phenolic OH excluding ortho intramolecular Hbond substituents is 2. The highest BCUT2D eigenvalue weighted by molar-refractivity contribution is 6.11. The number of hydrogen-bond donors (Lipinski definition) is 5. The highest BCUT2D eigenvalue weighted by Crippen LogP contribution is 2.30. The van der Waals surface area contributed by atoms with Gasteiger partial charge in [-0.1, -0.05) is 12.1 Å². The topological polar surface area (TPSA) is 137 Å².